The van der Waals surface area contributed by atoms with Crippen molar-refractivity contribution in [1.29, 1.82) is 0 Å². The lowest BCUT2D eigenvalue weighted by atomic mass is 10.0. The van der Waals surface area contributed by atoms with Gasteiger partial charge in [-0.2, -0.15) is 0 Å². The van der Waals surface area contributed by atoms with Crippen molar-refractivity contribution in [3.8, 4) is 0 Å². The predicted octanol–water partition coefficient (Wildman–Crippen LogP) is 2.14. The number of aliphatic hydroxyl groups excluding tert-OH is 1. The number of rotatable bonds is 3. The molecule has 5 heteroatoms. The van der Waals surface area contributed by atoms with Crippen molar-refractivity contribution in [2.75, 3.05) is 19.6 Å². The summed E-state index contributed by atoms with van der Waals surface area (Å²) in [6, 6.07) is 0.319. The van der Waals surface area contributed by atoms with Gasteiger partial charge in [0.2, 0.25) is 0 Å². The molecule has 0 radical (unpaired) electrons. The van der Waals surface area contributed by atoms with Crippen molar-refractivity contribution in [2.45, 2.75) is 70.6 Å². The van der Waals surface area contributed by atoms with Gasteiger partial charge < -0.3 is 20.1 Å². The van der Waals surface area contributed by atoms with Gasteiger partial charge in [-0.15, -0.1) is 0 Å². The van der Waals surface area contributed by atoms with E-state index in [1.807, 2.05) is 20.8 Å². The molecule has 0 aromatic carbocycles. The Balaban J connectivity index is 1.76. The number of nitrogens with one attached hydrogen (secondary N) is 1. The molecular weight excluding hydrogens is 268 g/mol. The average Bonchev–Trinajstić information content (AvgIpc) is 2.80. The monoisotopic (exact) mass is 298 g/mol. The zero-order valence-electron chi connectivity index (χ0n) is 13.6. The quantitative estimate of drug-likeness (QED) is 0.838. The first-order chi connectivity index (χ1) is 9.85. The van der Waals surface area contributed by atoms with E-state index in [-0.39, 0.29) is 12.2 Å². The third kappa shape index (κ3) is 5.15. The number of hydrogen-bond donors (Lipinski definition) is 2. The highest BCUT2D eigenvalue weighted by Gasteiger charge is 2.29. The molecule has 3 unspecified atom stereocenters. The van der Waals surface area contributed by atoms with Gasteiger partial charge >= 0.3 is 6.09 Å². The Kier molecular flexibility index (Phi) is 5.49. The molecule has 21 heavy (non-hydrogen) atoms. The molecule has 1 amide bonds. The van der Waals surface area contributed by atoms with Gasteiger partial charge in [0.1, 0.15) is 5.60 Å². The molecule has 0 bridgehead atoms. The molecule has 1 aliphatic heterocycles. The van der Waals surface area contributed by atoms with E-state index in [0.29, 0.717) is 18.5 Å². The number of hydrogen-bond acceptors (Lipinski definition) is 4. The molecule has 1 heterocycles. The first-order valence-electron chi connectivity index (χ1n) is 8.24. The van der Waals surface area contributed by atoms with Crippen molar-refractivity contribution >= 4 is 6.09 Å². The minimum atomic E-state index is -0.439. The molecule has 5 nitrogen and oxygen atoms in total. The predicted molar refractivity (Wildman–Crippen MR) is 82.2 cm³/mol. The average molecular weight is 298 g/mol. The number of carbonyl (C=O) groups is 1. The topological polar surface area (TPSA) is 61.8 Å². The van der Waals surface area contributed by atoms with Crippen LogP contribution >= 0.6 is 0 Å². The molecule has 2 N–H and O–H groups in total. The summed E-state index contributed by atoms with van der Waals surface area (Å²) in [5.41, 5.74) is -0.439. The zero-order chi connectivity index (χ0) is 15.5. The van der Waals surface area contributed by atoms with E-state index in [2.05, 4.69) is 5.32 Å². The number of likely N-dealkylation sites (tertiary alicyclic amines) is 1. The lowest BCUT2D eigenvalue weighted by Gasteiger charge is -2.35. The van der Waals surface area contributed by atoms with Gasteiger partial charge in [-0.25, -0.2) is 4.79 Å². The molecule has 2 fully saturated rings. The van der Waals surface area contributed by atoms with Gasteiger partial charge in [0, 0.05) is 25.7 Å². The minimum absolute atomic E-state index is 0.150. The summed E-state index contributed by atoms with van der Waals surface area (Å²) in [7, 11) is 0. The molecule has 0 aromatic heterocycles. The van der Waals surface area contributed by atoms with Crippen LogP contribution < -0.4 is 5.32 Å². The van der Waals surface area contributed by atoms with Crippen LogP contribution in [0.1, 0.15) is 52.9 Å². The lowest BCUT2D eigenvalue weighted by molar-refractivity contribution is 0.0183. The molecule has 2 aliphatic rings. The van der Waals surface area contributed by atoms with Gasteiger partial charge in [0.25, 0.3) is 0 Å². The summed E-state index contributed by atoms with van der Waals surface area (Å²) in [4.78, 5) is 13.9. The summed E-state index contributed by atoms with van der Waals surface area (Å²) in [5.74, 6) is 0.377. The number of carbonyl (C=O) groups excluding carboxylic acids is 1. The first-order valence-corrected chi connectivity index (χ1v) is 8.24. The summed E-state index contributed by atoms with van der Waals surface area (Å²) in [6.45, 7) is 8.02. The second kappa shape index (κ2) is 6.97. The largest absolute Gasteiger partial charge is 0.444 e. The summed E-state index contributed by atoms with van der Waals surface area (Å²) in [6.07, 6.45) is 4.89. The molecule has 122 valence electrons. The first kappa shape index (κ1) is 16.6. The summed E-state index contributed by atoms with van der Waals surface area (Å²) < 4.78 is 5.44. The molecule has 0 aromatic rings. The molecule has 1 saturated carbocycles. The van der Waals surface area contributed by atoms with E-state index in [1.54, 1.807) is 4.90 Å². The van der Waals surface area contributed by atoms with Crippen molar-refractivity contribution in [3.63, 3.8) is 0 Å². The third-order valence-corrected chi connectivity index (χ3v) is 4.36. The van der Waals surface area contributed by atoms with E-state index in [9.17, 15) is 9.90 Å². The van der Waals surface area contributed by atoms with Crippen LogP contribution in [0.4, 0.5) is 4.79 Å². The van der Waals surface area contributed by atoms with Crippen molar-refractivity contribution < 1.29 is 14.6 Å². The van der Waals surface area contributed by atoms with Crippen molar-refractivity contribution in [1.82, 2.24) is 10.2 Å². The Bertz CT molecular complexity index is 354. The SMILES string of the molecule is CC(C)(C)OC(=O)N1CCCC(NCC2CCCC2O)C1. The van der Waals surface area contributed by atoms with E-state index in [1.165, 1.54) is 0 Å². The van der Waals surface area contributed by atoms with E-state index < -0.39 is 5.60 Å². The molecule has 0 spiro atoms. The molecule has 2 rings (SSSR count). The van der Waals surface area contributed by atoms with Gasteiger partial charge in [-0.3, -0.25) is 0 Å². The summed E-state index contributed by atoms with van der Waals surface area (Å²) in [5, 5.41) is 13.4. The van der Waals surface area contributed by atoms with Crippen LogP contribution in [0.25, 0.3) is 0 Å². The minimum Gasteiger partial charge on any atom is -0.444 e. The van der Waals surface area contributed by atoms with E-state index in [0.717, 1.165) is 45.2 Å². The summed E-state index contributed by atoms with van der Waals surface area (Å²) >= 11 is 0. The van der Waals surface area contributed by atoms with Crippen LogP contribution in [0, 0.1) is 5.92 Å². The van der Waals surface area contributed by atoms with Crippen LogP contribution in [0.3, 0.4) is 0 Å². The highest BCUT2D eigenvalue weighted by atomic mass is 16.6. The third-order valence-electron chi connectivity index (χ3n) is 4.36. The van der Waals surface area contributed by atoms with Crippen LogP contribution in [-0.2, 0) is 4.74 Å². The molecule has 1 aliphatic carbocycles. The molecular formula is C16H30N2O3. The van der Waals surface area contributed by atoms with Crippen molar-refractivity contribution in [3.05, 3.63) is 0 Å². The van der Waals surface area contributed by atoms with E-state index in [4.69, 9.17) is 4.74 Å². The Morgan fingerprint density at radius 2 is 2.05 bits per heavy atom. The normalized spacial score (nSPS) is 30.5. The lowest BCUT2D eigenvalue weighted by Crippen LogP contribution is -2.50. The number of ether oxygens (including phenoxy) is 1. The van der Waals surface area contributed by atoms with E-state index >= 15 is 0 Å². The van der Waals surface area contributed by atoms with Gasteiger partial charge in [-0.1, -0.05) is 6.42 Å². The second-order valence-corrected chi connectivity index (χ2v) is 7.43. The molecule has 1 saturated heterocycles. The Morgan fingerprint density at radius 3 is 2.67 bits per heavy atom. The standard InChI is InChI=1S/C16H30N2O3/c1-16(2,3)21-15(20)18-9-5-7-13(11-18)17-10-12-6-4-8-14(12)19/h12-14,17,19H,4-11H2,1-3H3. The number of amides is 1. The maximum atomic E-state index is 12.1. The van der Waals surface area contributed by atoms with Crippen LogP contribution in [0.2, 0.25) is 0 Å². The zero-order valence-corrected chi connectivity index (χ0v) is 13.6. The highest BCUT2D eigenvalue weighted by Crippen LogP contribution is 2.25. The van der Waals surface area contributed by atoms with Crippen LogP contribution in [0.15, 0.2) is 0 Å². The van der Waals surface area contributed by atoms with Crippen LogP contribution in [-0.4, -0.2) is 53.5 Å². The molecule has 3 atom stereocenters. The van der Waals surface area contributed by atoms with Gasteiger partial charge in [0.05, 0.1) is 6.10 Å². The highest BCUT2D eigenvalue weighted by molar-refractivity contribution is 5.68. The maximum absolute atomic E-state index is 12.1. The number of piperidine rings is 1. The smallest absolute Gasteiger partial charge is 0.410 e. The number of nitrogens with zero attached hydrogens (tertiary/aromatic N) is 1. The van der Waals surface area contributed by atoms with Gasteiger partial charge in [-0.05, 0) is 52.4 Å². The Morgan fingerprint density at radius 1 is 1.29 bits per heavy atom. The van der Waals surface area contributed by atoms with Crippen molar-refractivity contribution in [2.24, 2.45) is 5.92 Å². The fourth-order valence-electron chi connectivity index (χ4n) is 3.21. The Hall–Kier alpha value is -0.810. The maximum Gasteiger partial charge on any atom is 0.410 e. The van der Waals surface area contributed by atoms with Gasteiger partial charge in [0.15, 0.2) is 0 Å². The number of aliphatic hydroxyl groups is 1. The fourth-order valence-corrected chi connectivity index (χ4v) is 3.21. The second-order valence-electron chi connectivity index (χ2n) is 7.43. The van der Waals surface area contributed by atoms with Crippen LogP contribution in [0.5, 0.6) is 0 Å². The Labute approximate surface area is 128 Å². The fraction of sp³-hybridized carbons (Fsp3) is 0.938.